The molecule has 1 aliphatic heterocycles. The first kappa shape index (κ1) is 22.8. The molecule has 0 unspecified atom stereocenters. The minimum absolute atomic E-state index is 0.175. The average molecular weight is 410 g/mol. The van der Waals surface area contributed by atoms with Gasteiger partial charge >= 0.3 is 0 Å². The van der Waals surface area contributed by atoms with Crippen molar-refractivity contribution in [2.45, 2.75) is 64.3 Å². The van der Waals surface area contributed by atoms with E-state index in [9.17, 15) is 13.2 Å². The summed E-state index contributed by atoms with van der Waals surface area (Å²) in [6, 6.07) is 5.41. The van der Waals surface area contributed by atoms with E-state index in [1.54, 1.807) is 12.1 Å². The lowest BCUT2D eigenvalue weighted by Gasteiger charge is -2.33. The molecule has 158 valence electrons. The van der Waals surface area contributed by atoms with Crippen molar-refractivity contribution in [1.29, 1.82) is 0 Å². The summed E-state index contributed by atoms with van der Waals surface area (Å²) in [4.78, 5) is 15.3. The number of piperidine rings is 1. The van der Waals surface area contributed by atoms with Crippen molar-refractivity contribution in [2.75, 3.05) is 32.7 Å². The molecule has 1 heterocycles. The third-order valence-corrected chi connectivity index (χ3v) is 7.69. The van der Waals surface area contributed by atoms with Crippen LogP contribution in [0.15, 0.2) is 23.1 Å². The van der Waals surface area contributed by atoms with Crippen LogP contribution in [-0.4, -0.2) is 62.3 Å². The summed E-state index contributed by atoms with van der Waals surface area (Å²) >= 11 is 0. The third-order valence-electron chi connectivity index (χ3n) is 5.65. The van der Waals surface area contributed by atoms with Crippen LogP contribution in [0.2, 0.25) is 0 Å². The van der Waals surface area contributed by atoms with Gasteiger partial charge < -0.3 is 10.2 Å². The SMILES string of the molecule is CCN(CC)S(=O)(=O)c1ccc(C)c(C(=O)NCCCN2CCCC[C@@H]2C)c1. The highest BCUT2D eigenvalue weighted by atomic mass is 32.2. The molecule has 0 radical (unpaired) electrons. The van der Waals surface area contributed by atoms with Gasteiger partial charge in [0.25, 0.3) is 5.91 Å². The second-order valence-corrected chi connectivity index (χ2v) is 9.49. The van der Waals surface area contributed by atoms with E-state index in [0.717, 1.165) is 25.1 Å². The molecule has 1 fully saturated rings. The minimum Gasteiger partial charge on any atom is -0.352 e. The zero-order valence-electron chi connectivity index (χ0n) is 17.7. The molecule has 7 heteroatoms. The van der Waals surface area contributed by atoms with Crippen LogP contribution < -0.4 is 5.32 Å². The van der Waals surface area contributed by atoms with E-state index in [0.29, 0.717) is 31.2 Å². The largest absolute Gasteiger partial charge is 0.352 e. The maximum atomic E-state index is 12.7. The molecule has 0 spiro atoms. The van der Waals surface area contributed by atoms with Crippen LogP contribution in [0.3, 0.4) is 0 Å². The molecule has 28 heavy (non-hydrogen) atoms. The van der Waals surface area contributed by atoms with Crippen LogP contribution >= 0.6 is 0 Å². The smallest absolute Gasteiger partial charge is 0.251 e. The number of hydrogen-bond donors (Lipinski definition) is 1. The fraction of sp³-hybridized carbons (Fsp3) is 0.667. The van der Waals surface area contributed by atoms with E-state index in [1.807, 2.05) is 20.8 Å². The Balaban J connectivity index is 1.99. The van der Waals surface area contributed by atoms with Crippen LogP contribution in [0.25, 0.3) is 0 Å². The summed E-state index contributed by atoms with van der Waals surface area (Å²) in [6.07, 6.45) is 4.70. The number of hydrogen-bond acceptors (Lipinski definition) is 4. The van der Waals surface area contributed by atoms with Crippen LogP contribution in [0.1, 0.15) is 62.4 Å². The first-order chi connectivity index (χ1) is 13.3. The van der Waals surface area contributed by atoms with Crippen molar-refractivity contribution in [3.63, 3.8) is 0 Å². The lowest BCUT2D eigenvalue weighted by Crippen LogP contribution is -2.39. The second kappa shape index (κ2) is 10.4. The maximum absolute atomic E-state index is 12.7. The van der Waals surface area contributed by atoms with Gasteiger partial charge in [0, 0.05) is 37.8 Å². The number of sulfonamides is 1. The molecule has 2 rings (SSSR count). The van der Waals surface area contributed by atoms with Crippen LogP contribution in [-0.2, 0) is 10.0 Å². The zero-order valence-corrected chi connectivity index (χ0v) is 18.5. The number of benzene rings is 1. The molecule has 0 bridgehead atoms. The van der Waals surface area contributed by atoms with E-state index < -0.39 is 10.0 Å². The van der Waals surface area contributed by atoms with Crippen molar-refractivity contribution in [3.8, 4) is 0 Å². The van der Waals surface area contributed by atoms with Crippen molar-refractivity contribution >= 4 is 15.9 Å². The van der Waals surface area contributed by atoms with Crippen molar-refractivity contribution < 1.29 is 13.2 Å². The summed E-state index contributed by atoms with van der Waals surface area (Å²) in [6.45, 7) is 11.2. The van der Waals surface area contributed by atoms with Gasteiger partial charge in [0.15, 0.2) is 0 Å². The number of likely N-dealkylation sites (tertiary alicyclic amines) is 1. The quantitative estimate of drug-likeness (QED) is 0.637. The van der Waals surface area contributed by atoms with Crippen LogP contribution in [0, 0.1) is 6.92 Å². The number of nitrogens with one attached hydrogen (secondary N) is 1. The summed E-state index contributed by atoms with van der Waals surface area (Å²) in [5, 5.41) is 2.96. The Morgan fingerprint density at radius 2 is 1.96 bits per heavy atom. The number of aryl methyl sites for hydroxylation is 1. The Bertz CT molecular complexity index is 760. The summed E-state index contributed by atoms with van der Waals surface area (Å²) < 4.78 is 26.9. The molecule has 6 nitrogen and oxygen atoms in total. The summed E-state index contributed by atoms with van der Waals surface area (Å²) in [5.74, 6) is -0.208. The standard InChI is InChI=1S/C21H35N3O3S/c1-5-24(6-2)28(26,27)19-12-11-17(3)20(16-19)21(25)22-13-9-15-23-14-8-7-10-18(23)4/h11-12,16,18H,5-10,13-15H2,1-4H3,(H,22,25)/t18-/m0/s1. The van der Waals surface area contributed by atoms with Crippen molar-refractivity contribution in [3.05, 3.63) is 29.3 Å². The van der Waals surface area contributed by atoms with Gasteiger partial charge in [0.1, 0.15) is 0 Å². The predicted octanol–water partition coefficient (Wildman–Crippen LogP) is 3.02. The Labute approximate surface area is 170 Å². The number of amides is 1. The summed E-state index contributed by atoms with van der Waals surface area (Å²) in [7, 11) is -3.57. The molecule has 0 saturated carbocycles. The normalized spacial score (nSPS) is 18.4. The first-order valence-corrected chi connectivity index (χ1v) is 11.9. The number of carbonyl (C=O) groups is 1. The average Bonchev–Trinajstić information content (AvgIpc) is 2.67. The molecular formula is C21H35N3O3S. The molecule has 1 aromatic carbocycles. The molecule has 0 aromatic heterocycles. The van der Waals surface area contributed by atoms with Gasteiger partial charge in [-0.05, 0) is 57.4 Å². The monoisotopic (exact) mass is 409 g/mol. The number of carbonyl (C=O) groups excluding carboxylic acids is 1. The van der Waals surface area contributed by atoms with Gasteiger partial charge in [0.2, 0.25) is 10.0 Å². The predicted molar refractivity (Wildman–Crippen MR) is 113 cm³/mol. The second-order valence-electron chi connectivity index (χ2n) is 7.56. The van der Waals surface area contributed by atoms with Crippen LogP contribution in [0.4, 0.5) is 0 Å². The van der Waals surface area contributed by atoms with Crippen molar-refractivity contribution in [2.24, 2.45) is 0 Å². The maximum Gasteiger partial charge on any atom is 0.251 e. The van der Waals surface area contributed by atoms with Gasteiger partial charge in [-0.3, -0.25) is 4.79 Å². The Morgan fingerprint density at radius 3 is 2.61 bits per heavy atom. The highest BCUT2D eigenvalue weighted by Crippen LogP contribution is 2.20. The fourth-order valence-electron chi connectivity index (χ4n) is 3.79. The highest BCUT2D eigenvalue weighted by Gasteiger charge is 2.23. The number of rotatable bonds is 9. The summed E-state index contributed by atoms with van der Waals surface area (Å²) in [5.41, 5.74) is 1.21. The van der Waals surface area contributed by atoms with E-state index in [-0.39, 0.29) is 10.8 Å². The topological polar surface area (TPSA) is 69.7 Å². The lowest BCUT2D eigenvalue weighted by atomic mass is 10.0. The third kappa shape index (κ3) is 5.55. The van der Waals surface area contributed by atoms with Gasteiger partial charge in [-0.1, -0.05) is 26.3 Å². The first-order valence-electron chi connectivity index (χ1n) is 10.4. The van der Waals surface area contributed by atoms with Crippen molar-refractivity contribution in [1.82, 2.24) is 14.5 Å². The van der Waals surface area contributed by atoms with Crippen LogP contribution in [0.5, 0.6) is 0 Å². The molecule has 1 saturated heterocycles. The van der Waals surface area contributed by atoms with Gasteiger partial charge in [0.05, 0.1) is 4.90 Å². The Hall–Kier alpha value is -1.44. The Kier molecular flexibility index (Phi) is 8.46. The Morgan fingerprint density at radius 1 is 1.25 bits per heavy atom. The number of nitrogens with zero attached hydrogens (tertiary/aromatic N) is 2. The van der Waals surface area contributed by atoms with Gasteiger partial charge in [-0.15, -0.1) is 0 Å². The molecular weight excluding hydrogens is 374 g/mol. The molecule has 0 aliphatic carbocycles. The van der Waals surface area contributed by atoms with E-state index in [2.05, 4.69) is 17.1 Å². The molecule has 1 aliphatic rings. The van der Waals surface area contributed by atoms with E-state index in [1.165, 1.54) is 29.6 Å². The van der Waals surface area contributed by atoms with Gasteiger partial charge in [-0.25, -0.2) is 8.42 Å². The van der Waals surface area contributed by atoms with Gasteiger partial charge in [-0.2, -0.15) is 4.31 Å². The lowest BCUT2D eigenvalue weighted by molar-refractivity contribution is 0.0948. The van der Waals surface area contributed by atoms with E-state index in [4.69, 9.17) is 0 Å². The zero-order chi connectivity index (χ0) is 20.7. The highest BCUT2D eigenvalue weighted by molar-refractivity contribution is 7.89. The molecule has 1 amide bonds. The molecule has 1 atom stereocenters. The van der Waals surface area contributed by atoms with E-state index >= 15 is 0 Å². The fourth-order valence-corrected chi connectivity index (χ4v) is 5.27. The minimum atomic E-state index is -3.57. The molecule has 1 N–H and O–H groups in total. The molecule has 1 aromatic rings.